The van der Waals surface area contributed by atoms with E-state index in [1.54, 1.807) is 30.1 Å². The zero-order valence-corrected chi connectivity index (χ0v) is 19.7. The van der Waals surface area contributed by atoms with E-state index in [1.165, 1.54) is 6.26 Å². The normalized spacial score (nSPS) is 21.1. The second kappa shape index (κ2) is 10.6. The van der Waals surface area contributed by atoms with Crippen molar-refractivity contribution in [2.24, 2.45) is 0 Å². The molecule has 0 spiro atoms. The fraction of sp³-hybridized carbons (Fsp3) is 0.400. The number of nitrogens with one attached hydrogen (secondary N) is 1. The van der Waals surface area contributed by atoms with Crippen LogP contribution in [0.25, 0.3) is 11.0 Å². The number of carbonyl (C=O) groups excluding carboxylic acids is 1. The first-order valence-corrected chi connectivity index (χ1v) is 12.7. The van der Waals surface area contributed by atoms with Crippen molar-refractivity contribution in [1.82, 2.24) is 20.1 Å². The summed E-state index contributed by atoms with van der Waals surface area (Å²) in [5, 5.41) is 4.11. The number of benzene rings is 1. The molecule has 178 valence electrons. The van der Waals surface area contributed by atoms with Crippen molar-refractivity contribution < 1.29 is 13.9 Å². The Bertz CT molecular complexity index is 1180. The number of pyridine rings is 1. The van der Waals surface area contributed by atoms with Gasteiger partial charge in [-0.25, -0.2) is 0 Å². The molecule has 3 aromatic rings. The van der Waals surface area contributed by atoms with E-state index >= 15 is 0 Å². The van der Waals surface area contributed by atoms with E-state index in [1.807, 2.05) is 35.4 Å². The highest BCUT2D eigenvalue weighted by Gasteiger charge is 2.34. The SMILES string of the molecule is O=C([C@@H]1CSC(c2cccnc2)N1)N1CCN(CCCOc2coc3ccccc3c2=O)CC1. The van der Waals surface area contributed by atoms with Gasteiger partial charge in [-0.3, -0.25) is 24.8 Å². The van der Waals surface area contributed by atoms with Crippen molar-refractivity contribution in [3.05, 3.63) is 70.8 Å². The highest BCUT2D eigenvalue weighted by molar-refractivity contribution is 7.99. The van der Waals surface area contributed by atoms with Crippen molar-refractivity contribution >= 4 is 28.6 Å². The van der Waals surface area contributed by atoms with Crippen molar-refractivity contribution in [3.8, 4) is 5.75 Å². The third-order valence-corrected chi connectivity index (χ3v) is 7.54. The average Bonchev–Trinajstić information content (AvgIpc) is 3.39. The van der Waals surface area contributed by atoms with E-state index < -0.39 is 0 Å². The number of nitrogens with zero attached hydrogens (tertiary/aromatic N) is 3. The standard InChI is InChI=1S/C25H28N4O4S/c30-23-19-6-1-2-7-21(19)33-16-22(23)32-14-4-9-28-10-12-29(13-11-28)25(31)20-17-34-24(27-20)18-5-3-8-26-15-18/h1-3,5-8,15-16,20,24,27H,4,9-14,17H2/t20-,24?/m0/s1. The molecule has 2 fully saturated rings. The van der Waals surface area contributed by atoms with Gasteiger partial charge in [0.15, 0.2) is 0 Å². The van der Waals surface area contributed by atoms with Gasteiger partial charge in [0.25, 0.3) is 0 Å². The minimum absolute atomic E-state index is 0.119. The Kier molecular flexibility index (Phi) is 7.13. The zero-order chi connectivity index (χ0) is 23.3. The van der Waals surface area contributed by atoms with Crippen LogP contribution in [-0.2, 0) is 4.79 Å². The fourth-order valence-electron chi connectivity index (χ4n) is 4.38. The van der Waals surface area contributed by atoms with Gasteiger partial charge in [-0.15, -0.1) is 11.8 Å². The fourth-order valence-corrected chi connectivity index (χ4v) is 5.60. The van der Waals surface area contributed by atoms with Crippen LogP contribution in [0.3, 0.4) is 0 Å². The molecular formula is C25H28N4O4S. The lowest BCUT2D eigenvalue weighted by atomic mass is 10.2. The molecule has 34 heavy (non-hydrogen) atoms. The van der Waals surface area contributed by atoms with Gasteiger partial charge >= 0.3 is 0 Å². The molecule has 2 aliphatic rings. The first-order chi connectivity index (χ1) is 16.7. The van der Waals surface area contributed by atoms with Crippen LogP contribution in [0.15, 0.2) is 64.3 Å². The Hall–Kier alpha value is -2.88. The van der Waals surface area contributed by atoms with E-state index in [2.05, 4.69) is 15.2 Å². The Morgan fingerprint density at radius 3 is 2.85 bits per heavy atom. The number of thioether (sulfide) groups is 1. The van der Waals surface area contributed by atoms with E-state index in [9.17, 15) is 9.59 Å². The summed E-state index contributed by atoms with van der Waals surface area (Å²) in [5.74, 6) is 1.21. The summed E-state index contributed by atoms with van der Waals surface area (Å²) in [7, 11) is 0. The number of carbonyl (C=O) groups is 1. The predicted octanol–water partition coefficient (Wildman–Crippen LogP) is 2.50. The number of piperazine rings is 1. The van der Waals surface area contributed by atoms with Crippen LogP contribution in [0.2, 0.25) is 0 Å². The van der Waals surface area contributed by atoms with Gasteiger partial charge in [-0.1, -0.05) is 18.2 Å². The van der Waals surface area contributed by atoms with Crippen LogP contribution in [0.4, 0.5) is 0 Å². The Morgan fingerprint density at radius 2 is 2.03 bits per heavy atom. The molecule has 2 aromatic heterocycles. The first kappa shape index (κ1) is 22.9. The smallest absolute Gasteiger partial charge is 0.240 e. The molecule has 5 rings (SSSR count). The van der Waals surface area contributed by atoms with Gasteiger partial charge in [0.2, 0.25) is 17.1 Å². The van der Waals surface area contributed by atoms with E-state index in [4.69, 9.17) is 9.15 Å². The van der Waals surface area contributed by atoms with Gasteiger partial charge in [0.1, 0.15) is 11.8 Å². The minimum Gasteiger partial charge on any atom is -0.487 e. The molecular weight excluding hydrogens is 452 g/mol. The lowest BCUT2D eigenvalue weighted by Gasteiger charge is -2.36. The van der Waals surface area contributed by atoms with E-state index in [0.717, 1.165) is 50.5 Å². The minimum atomic E-state index is -0.149. The van der Waals surface area contributed by atoms with Crippen LogP contribution in [0.1, 0.15) is 17.4 Å². The van der Waals surface area contributed by atoms with Gasteiger partial charge in [-0.05, 0) is 30.2 Å². The van der Waals surface area contributed by atoms with Gasteiger partial charge < -0.3 is 14.1 Å². The summed E-state index contributed by atoms with van der Waals surface area (Å²) < 4.78 is 11.2. The van der Waals surface area contributed by atoms with Crippen LogP contribution < -0.4 is 15.5 Å². The highest BCUT2D eigenvalue weighted by atomic mass is 32.2. The molecule has 1 N–H and O–H groups in total. The lowest BCUT2D eigenvalue weighted by molar-refractivity contribution is -0.134. The predicted molar refractivity (Wildman–Crippen MR) is 132 cm³/mol. The van der Waals surface area contributed by atoms with Gasteiger partial charge in [0.05, 0.1) is 23.4 Å². The molecule has 0 saturated carbocycles. The summed E-state index contributed by atoms with van der Waals surface area (Å²) in [6, 6.07) is 11.0. The number of para-hydroxylation sites is 1. The molecule has 2 saturated heterocycles. The maximum Gasteiger partial charge on any atom is 0.240 e. The highest BCUT2D eigenvalue weighted by Crippen LogP contribution is 2.32. The maximum absolute atomic E-state index is 13.0. The maximum atomic E-state index is 13.0. The summed E-state index contributed by atoms with van der Waals surface area (Å²) in [6.45, 7) is 4.46. The van der Waals surface area contributed by atoms with E-state index in [-0.39, 0.29) is 28.5 Å². The number of ether oxygens (including phenoxy) is 1. The molecule has 0 bridgehead atoms. The Labute approximate surface area is 202 Å². The first-order valence-electron chi connectivity index (χ1n) is 11.6. The summed E-state index contributed by atoms with van der Waals surface area (Å²) in [4.78, 5) is 34.0. The zero-order valence-electron chi connectivity index (χ0n) is 18.9. The van der Waals surface area contributed by atoms with Crippen LogP contribution in [0.5, 0.6) is 5.75 Å². The Morgan fingerprint density at radius 1 is 1.18 bits per heavy atom. The second-order valence-corrected chi connectivity index (χ2v) is 9.65. The van der Waals surface area contributed by atoms with Gasteiger partial charge in [0, 0.05) is 50.9 Å². The van der Waals surface area contributed by atoms with Crippen LogP contribution in [0, 0.1) is 0 Å². The average molecular weight is 481 g/mol. The monoisotopic (exact) mass is 480 g/mol. The topological polar surface area (TPSA) is 87.9 Å². The second-order valence-electron chi connectivity index (χ2n) is 8.51. The third kappa shape index (κ3) is 5.11. The molecule has 1 aromatic carbocycles. The molecule has 0 aliphatic carbocycles. The lowest BCUT2D eigenvalue weighted by Crippen LogP contribution is -2.53. The van der Waals surface area contributed by atoms with Crippen LogP contribution >= 0.6 is 11.8 Å². The molecule has 2 aliphatic heterocycles. The number of fused-ring (bicyclic) bond motifs is 1. The molecule has 8 nitrogen and oxygen atoms in total. The van der Waals surface area contributed by atoms with Crippen molar-refractivity contribution in [1.29, 1.82) is 0 Å². The molecule has 2 atom stereocenters. The molecule has 0 radical (unpaired) electrons. The number of hydrogen-bond donors (Lipinski definition) is 1. The number of aromatic nitrogens is 1. The third-order valence-electron chi connectivity index (χ3n) is 6.28. The number of rotatable bonds is 7. The summed E-state index contributed by atoms with van der Waals surface area (Å²) in [6.07, 6.45) is 5.81. The quantitative estimate of drug-likeness (QED) is 0.516. The number of amides is 1. The largest absolute Gasteiger partial charge is 0.487 e. The van der Waals surface area contributed by atoms with E-state index in [0.29, 0.717) is 17.6 Å². The van der Waals surface area contributed by atoms with Crippen molar-refractivity contribution in [2.75, 3.05) is 45.1 Å². The van der Waals surface area contributed by atoms with Crippen molar-refractivity contribution in [3.63, 3.8) is 0 Å². The number of hydrogen-bond acceptors (Lipinski definition) is 8. The Balaban J connectivity index is 1.04. The van der Waals surface area contributed by atoms with Gasteiger partial charge in [-0.2, -0.15) is 0 Å². The molecule has 1 unspecified atom stereocenters. The summed E-state index contributed by atoms with van der Waals surface area (Å²) in [5.41, 5.74) is 1.53. The molecule has 4 heterocycles. The van der Waals surface area contributed by atoms with Crippen molar-refractivity contribution in [2.45, 2.75) is 17.8 Å². The van der Waals surface area contributed by atoms with Crippen LogP contribution in [-0.4, -0.2) is 71.8 Å². The summed E-state index contributed by atoms with van der Waals surface area (Å²) >= 11 is 1.76. The molecule has 9 heteroatoms. The molecule has 1 amide bonds.